The van der Waals surface area contributed by atoms with Crippen molar-refractivity contribution >= 4 is 11.4 Å². The molecule has 1 aromatic rings. The highest BCUT2D eigenvalue weighted by atomic mass is 19.0. The van der Waals surface area contributed by atoms with Crippen LogP contribution in [0.3, 0.4) is 0 Å². The predicted octanol–water partition coefficient (Wildman–Crippen LogP) is 2.68. The van der Waals surface area contributed by atoms with Gasteiger partial charge in [0.1, 0.15) is 0 Å². The van der Waals surface area contributed by atoms with Crippen molar-refractivity contribution in [3.63, 3.8) is 0 Å². The zero-order valence-corrected chi connectivity index (χ0v) is 9.03. The van der Waals surface area contributed by atoms with Crippen LogP contribution in [0.5, 0.6) is 0 Å². The van der Waals surface area contributed by atoms with Gasteiger partial charge in [0.2, 0.25) is 11.4 Å². The molecule has 1 aromatic carbocycles. The van der Waals surface area contributed by atoms with Gasteiger partial charge in [0.15, 0.2) is 0 Å². The summed E-state index contributed by atoms with van der Waals surface area (Å²) >= 11 is 0. The fourth-order valence-corrected chi connectivity index (χ4v) is 2.21. The molecule has 0 spiro atoms. The molecule has 0 aliphatic carbocycles. The summed E-state index contributed by atoms with van der Waals surface area (Å²) in [6.07, 6.45) is 0. The number of quaternary nitrogens is 1. The van der Waals surface area contributed by atoms with Gasteiger partial charge in [0.25, 0.3) is 0 Å². The second kappa shape index (κ2) is 3.67. The van der Waals surface area contributed by atoms with E-state index in [2.05, 4.69) is 50.2 Å². The molecule has 0 radical (unpaired) electrons. The molecule has 14 heavy (non-hydrogen) atoms. The number of fused-ring (bicyclic) bond motifs is 1. The van der Waals surface area contributed by atoms with Crippen molar-refractivity contribution in [2.75, 3.05) is 20.1 Å². The molecule has 0 bridgehead atoms. The van der Waals surface area contributed by atoms with E-state index < -0.39 is 0 Å². The number of hydrogen-bond donors (Lipinski definition) is 0. The third-order valence-electron chi connectivity index (χ3n) is 3.07. The average Bonchev–Trinajstić information content (AvgIpc) is 2.77. The molecule has 0 aromatic heterocycles. The van der Waals surface area contributed by atoms with E-state index in [0.717, 1.165) is 17.7 Å². The van der Waals surface area contributed by atoms with Crippen LogP contribution in [0, 0.1) is 0 Å². The lowest BCUT2D eigenvalue weighted by molar-refractivity contribution is 0.112. The molecule has 3 heteroatoms. The lowest BCUT2D eigenvalue weighted by atomic mass is 10.4. The van der Waals surface area contributed by atoms with Crippen molar-refractivity contribution in [1.82, 2.24) is 9.60 Å². The molecule has 0 atom stereocenters. The van der Waals surface area contributed by atoms with Crippen LogP contribution in [0.1, 0.15) is 13.8 Å². The second-order valence-electron chi connectivity index (χ2n) is 3.59. The summed E-state index contributed by atoms with van der Waals surface area (Å²) in [6.45, 7) is 6.63. The van der Waals surface area contributed by atoms with E-state index in [1.54, 1.807) is 0 Å². The van der Waals surface area contributed by atoms with E-state index in [0.29, 0.717) is 0 Å². The van der Waals surface area contributed by atoms with Crippen LogP contribution in [0.15, 0.2) is 24.3 Å². The summed E-state index contributed by atoms with van der Waals surface area (Å²) in [5.41, 5.74) is 2.90. The normalized spacial score (nSPS) is 16.0. The molecule has 1 heterocycles. The Morgan fingerprint density at radius 2 is 1.50 bits per heavy atom. The van der Waals surface area contributed by atoms with Crippen LogP contribution in [0.25, 0.3) is 0 Å². The van der Waals surface area contributed by atoms with Crippen molar-refractivity contribution in [3.05, 3.63) is 24.3 Å². The lowest BCUT2D eigenvalue weighted by Gasteiger charge is -2.25. The molecular formula is C11H18FN2+. The maximum Gasteiger partial charge on any atom is 0.221 e. The van der Waals surface area contributed by atoms with Gasteiger partial charge in [-0.2, -0.15) is 4.59 Å². The number of nitrogens with zero attached hydrogens (tertiary/aromatic N) is 2. The molecule has 1 aliphatic heterocycles. The SMILES string of the molecule is CCN(CC)[N+]1(C)c2ccccc21.F. The van der Waals surface area contributed by atoms with Gasteiger partial charge in [-0.25, -0.2) is 0 Å². The third kappa shape index (κ3) is 1.24. The number of halogens is 1. The average molecular weight is 197 g/mol. The molecule has 78 valence electrons. The minimum atomic E-state index is 0. The van der Waals surface area contributed by atoms with E-state index in [4.69, 9.17) is 0 Å². The Hall–Kier alpha value is -0.930. The first-order valence-electron chi connectivity index (χ1n) is 4.97. The monoisotopic (exact) mass is 197 g/mol. The van der Waals surface area contributed by atoms with Gasteiger partial charge < -0.3 is 0 Å². The number of hydrogen-bond acceptors (Lipinski definition) is 1. The molecule has 0 unspecified atom stereocenters. The Bertz CT molecular complexity index is 298. The van der Waals surface area contributed by atoms with E-state index >= 15 is 0 Å². The number of benzene rings is 1. The Balaban J connectivity index is 0.000000980. The van der Waals surface area contributed by atoms with Crippen LogP contribution in [0.2, 0.25) is 0 Å². The van der Waals surface area contributed by atoms with Crippen molar-refractivity contribution in [2.45, 2.75) is 13.8 Å². The highest BCUT2D eigenvalue weighted by Crippen LogP contribution is 2.55. The molecule has 0 amide bonds. The molecule has 0 saturated heterocycles. The van der Waals surface area contributed by atoms with Crippen LogP contribution in [-0.2, 0) is 0 Å². The smallest absolute Gasteiger partial charge is 0.221 e. The number of rotatable bonds is 3. The van der Waals surface area contributed by atoms with Gasteiger partial charge >= 0.3 is 0 Å². The topological polar surface area (TPSA) is 3.24 Å². The van der Waals surface area contributed by atoms with Gasteiger partial charge in [-0.15, -0.1) is 5.01 Å². The summed E-state index contributed by atoms with van der Waals surface area (Å²) in [5, 5.41) is 2.45. The summed E-state index contributed by atoms with van der Waals surface area (Å²) in [4.78, 5) is 0. The van der Waals surface area contributed by atoms with Crippen molar-refractivity contribution in [1.29, 1.82) is 0 Å². The molecule has 0 fully saturated rings. The minimum Gasteiger partial charge on any atom is -0.269 e. The summed E-state index contributed by atoms with van der Waals surface area (Å²) in [7, 11) is 2.26. The molecule has 0 saturated carbocycles. The van der Waals surface area contributed by atoms with E-state index in [1.165, 1.54) is 11.4 Å². The van der Waals surface area contributed by atoms with Crippen LogP contribution in [0.4, 0.5) is 16.1 Å². The van der Waals surface area contributed by atoms with Gasteiger partial charge in [0.05, 0.1) is 7.05 Å². The molecular weight excluding hydrogens is 179 g/mol. The first kappa shape index (κ1) is 11.1. The van der Waals surface area contributed by atoms with Gasteiger partial charge in [-0.1, -0.05) is 12.1 Å². The summed E-state index contributed by atoms with van der Waals surface area (Å²) < 4.78 is 0.931. The number of para-hydroxylation sites is 2. The van der Waals surface area contributed by atoms with E-state index in [-0.39, 0.29) is 4.70 Å². The minimum absolute atomic E-state index is 0. The summed E-state index contributed by atoms with van der Waals surface area (Å²) in [5.74, 6) is 0. The standard InChI is InChI=1S/C11H17N2.FH/c1-4-12(5-2)13(3)10-8-6-7-9-11(10)13;/h6-9H,4-5H2,1-3H3;1H/q+1;. The Labute approximate surface area is 84.7 Å². The first-order chi connectivity index (χ1) is 6.25. The Kier molecular flexibility index (Phi) is 2.92. The predicted molar refractivity (Wildman–Crippen MR) is 59.2 cm³/mol. The van der Waals surface area contributed by atoms with Crippen LogP contribution < -0.4 is 4.59 Å². The quantitative estimate of drug-likeness (QED) is 0.532. The van der Waals surface area contributed by atoms with Gasteiger partial charge in [-0.05, 0) is 13.8 Å². The Morgan fingerprint density at radius 1 is 1.07 bits per heavy atom. The first-order valence-corrected chi connectivity index (χ1v) is 4.97. The maximum atomic E-state index is 2.45. The molecule has 2 nitrogen and oxygen atoms in total. The highest BCUT2D eigenvalue weighted by molar-refractivity contribution is 5.85. The largest absolute Gasteiger partial charge is 0.269 e. The van der Waals surface area contributed by atoms with Gasteiger partial charge in [-0.3, -0.25) is 4.70 Å². The zero-order valence-electron chi connectivity index (χ0n) is 9.03. The molecule has 2 rings (SSSR count). The molecule has 1 aliphatic rings. The lowest BCUT2D eigenvalue weighted by Crippen LogP contribution is -2.45. The highest BCUT2D eigenvalue weighted by Gasteiger charge is 2.53. The van der Waals surface area contributed by atoms with Gasteiger partial charge in [0, 0.05) is 25.2 Å². The Morgan fingerprint density at radius 3 is 1.86 bits per heavy atom. The zero-order chi connectivity index (χ0) is 9.47. The fourth-order valence-electron chi connectivity index (χ4n) is 2.21. The third-order valence-corrected chi connectivity index (χ3v) is 3.07. The van der Waals surface area contributed by atoms with Crippen molar-refractivity contribution in [3.8, 4) is 0 Å². The molecule has 0 N–H and O–H groups in total. The summed E-state index contributed by atoms with van der Waals surface area (Å²) in [6, 6.07) is 8.67. The fraction of sp³-hybridized carbons (Fsp3) is 0.455. The van der Waals surface area contributed by atoms with E-state index in [1.807, 2.05) is 0 Å². The van der Waals surface area contributed by atoms with Crippen LogP contribution >= 0.6 is 0 Å². The van der Waals surface area contributed by atoms with Crippen LogP contribution in [-0.4, -0.2) is 25.1 Å². The van der Waals surface area contributed by atoms with Crippen molar-refractivity contribution < 1.29 is 4.70 Å². The maximum absolute atomic E-state index is 2.45. The van der Waals surface area contributed by atoms with E-state index in [9.17, 15) is 0 Å². The van der Waals surface area contributed by atoms with Crippen molar-refractivity contribution in [2.24, 2.45) is 0 Å². The second-order valence-corrected chi connectivity index (χ2v) is 3.59.